The van der Waals surface area contributed by atoms with Crippen LogP contribution < -0.4 is 15.8 Å². The highest BCUT2D eigenvalue weighted by molar-refractivity contribution is 5.87. The van der Waals surface area contributed by atoms with E-state index in [4.69, 9.17) is 0 Å². The van der Waals surface area contributed by atoms with Crippen LogP contribution in [0.5, 0.6) is 0 Å². The molecule has 0 aliphatic carbocycles. The average molecular weight is 476 g/mol. The summed E-state index contributed by atoms with van der Waals surface area (Å²) in [4.78, 5) is 42.2. The summed E-state index contributed by atoms with van der Waals surface area (Å²) in [7, 11) is 0. The molecule has 0 bridgehead atoms. The number of carbonyl (C=O) groups is 1. The third-order valence-electron chi connectivity index (χ3n) is 6.73. The van der Waals surface area contributed by atoms with Crippen molar-refractivity contribution in [3.8, 4) is 0 Å². The zero-order valence-corrected chi connectivity index (χ0v) is 20.8. The SMILES string of the molecule is C=CC(=O)N1CCN(c2ccc([C@H](C)Nc3ncc4ccc(=O)n([C@@H](C)C(C)C)c4n3)nc2)CC1. The summed E-state index contributed by atoms with van der Waals surface area (Å²) in [6.07, 6.45) is 4.97. The molecule has 2 atom stereocenters. The van der Waals surface area contributed by atoms with Crippen molar-refractivity contribution in [1.29, 1.82) is 0 Å². The van der Waals surface area contributed by atoms with Gasteiger partial charge in [-0.05, 0) is 44.0 Å². The minimum atomic E-state index is -0.130. The summed E-state index contributed by atoms with van der Waals surface area (Å²) in [5, 5.41) is 4.15. The van der Waals surface area contributed by atoms with Gasteiger partial charge in [0.05, 0.1) is 23.6 Å². The Labute approximate surface area is 205 Å². The van der Waals surface area contributed by atoms with Gasteiger partial charge < -0.3 is 15.1 Å². The highest BCUT2D eigenvalue weighted by Gasteiger charge is 2.20. The molecule has 9 heteroatoms. The monoisotopic (exact) mass is 475 g/mol. The molecule has 1 saturated heterocycles. The molecule has 4 rings (SSSR count). The summed E-state index contributed by atoms with van der Waals surface area (Å²) in [5.41, 5.74) is 2.45. The second-order valence-electron chi connectivity index (χ2n) is 9.32. The zero-order chi connectivity index (χ0) is 25.1. The molecule has 1 fully saturated rings. The maximum absolute atomic E-state index is 12.6. The van der Waals surface area contributed by atoms with Crippen LogP contribution in [0.1, 0.15) is 45.5 Å². The third-order valence-corrected chi connectivity index (χ3v) is 6.73. The molecular weight excluding hydrogens is 442 g/mol. The molecule has 184 valence electrons. The van der Waals surface area contributed by atoms with Gasteiger partial charge in [0.1, 0.15) is 5.65 Å². The van der Waals surface area contributed by atoms with E-state index in [-0.39, 0.29) is 29.5 Å². The van der Waals surface area contributed by atoms with Crippen molar-refractivity contribution in [2.45, 2.75) is 39.8 Å². The number of nitrogens with zero attached hydrogens (tertiary/aromatic N) is 6. The van der Waals surface area contributed by atoms with E-state index in [9.17, 15) is 9.59 Å². The predicted octanol–water partition coefficient (Wildman–Crippen LogP) is 3.41. The van der Waals surface area contributed by atoms with Crippen LogP contribution in [0.3, 0.4) is 0 Å². The average Bonchev–Trinajstić information content (AvgIpc) is 2.88. The molecule has 3 aromatic heterocycles. The molecule has 1 aliphatic heterocycles. The molecule has 1 aliphatic rings. The summed E-state index contributed by atoms with van der Waals surface area (Å²) >= 11 is 0. The van der Waals surface area contributed by atoms with Crippen molar-refractivity contribution < 1.29 is 4.79 Å². The number of pyridine rings is 2. The highest BCUT2D eigenvalue weighted by atomic mass is 16.2. The lowest BCUT2D eigenvalue weighted by atomic mass is 10.1. The highest BCUT2D eigenvalue weighted by Crippen LogP contribution is 2.23. The van der Waals surface area contributed by atoms with Crippen LogP contribution >= 0.6 is 0 Å². The molecule has 35 heavy (non-hydrogen) atoms. The molecule has 9 nitrogen and oxygen atoms in total. The number of nitrogens with one attached hydrogen (secondary N) is 1. The Morgan fingerprint density at radius 2 is 1.77 bits per heavy atom. The van der Waals surface area contributed by atoms with Crippen molar-refractivity contribution in [3.63, 3.8) is 0 Å². The van der Waals surface area contributed by atoms with Gasteiger partial charge in [-0.15, -0.1) is 0 Å². The molecule has 1 N–H and O–H groups in total. The van der Waals surface area contributed by atoms with Gasteiger partial charge in [0.2, 0.25) is 11.9 Å². The topological polar surface area (TPSA) is 96.2 Å². The van der Waals surface area contributed by atoms with Gasteiger partial charge in [0.15, 0.2) is 0 Å². The smallest absolute Gasteiger partial charge is 0.252 e. The van der Waals surface area contributed by atoms with E-state index in [1.54, 1.807) is 22.9 Å². The summed E-state index contributed by atoms with van der Waals surface area (Å²) in [6, 6.07) is 7.26. The number of amides is 1. The molecule has 0 radical (unpaired) electrons. The lowest BCUT2D eigenvalue weighted by Gasteiger charge is -2.35. The summed E-state index contributed by atoms with van der Waals surface area (Å²) in [5.74, 6) is 0.718. The third kappa shape index (κ3) is 5.18. The molecule has 4 heterocycles. The first-order valence-electron chi connectivity index (χ1n) is 12.1. The fraction of sp³-hybridized carbons (Fsp3) is 0.423. The second kappa shape index (κ2) is 10.2. The van der Waals surface area contributed by atoms with Crippen molar-refractivity contribution >= 4 is 28.6 Å². The number of carbonyl (C=O) groups excluding carboxylic acids is 1. The molecule has 0 spiro atoms. The Morgan fingerprint density at radius 3 is 2.40 bits per heavy atom. The number of piperazine rings is 1. The lowest BCUT2D eigenvalue weighted by Crippen LogP contribution is -2.48. The Morgan fingerprint density at radius 1 is 1.03 bits per heavy atom. The quantitative estimate of drug-likeness (QED) is 0.523. The second-order valence-corrected chi connectivity index (χ2v) is 9.32. The van der Waals surface area contributed by atoms with Crippen LogP contribution in [-0.4, -0.2) is 56.5 Å². The van der Waals surface area contributed by atoms with E-state index in [1.165, 1.54) is 6.08 Å². The number of anilines is 2. The molecule has 0 unspecified atom stereocenters. The Hall–Kier alpha value is -3.75. The Bertz CT molecular complexity index is 1260. The van der Waals surface area contributed by atoms with Gasteiger partial charge in [0.25, 0.3) is 5.56 Å². The van der Waals surface area contributed by atoms with E-state index in [0.717, 1.165) is 29.9 Å². The van der Waals surface area contributed by atoms with Gasteiger partial charge >= 0.3 is 0 Å². The van der Waals surface area contributed by atoms with E-state index >= 15 is 0 Å². The molecule has 3 aromatic rings. The minimum Gasteiger partial charge on any atom is -0.367 e. The molecule has 0 aromatic carbocycles. The minimum absolute atomic E-state index is 0.0114. The Kier molecular flexibility index (Phi) is 7.14. The maximum Gasteiger partial charge on any atom is 0.252 e. The number of hydrogen-bond donors (Lipinski definition) is 1. The summed E-state index contributed by atoms with van der Waals surface area (Å²) < 4.78 is 1.74. The lowest BCUT2D eigenvalue weighted by molar-refractivity contribution is -0.126. The zero-order valence-electron chi connectivity index (χ0n) is 20.8. The first-order valence-corrected chi connectivity index (χ1v) is 12.1. The number of rotatable bonds is 7. The van der Waals surface area contributed by atoms with Gasteiger partial charge in [-0.3, -0.25) is 19.1 Å². The standard InChI is InChI=1S/C26H33N7O2/c1-6-23(34)32-13-11-31(12-14-32)21-8-9-22(27-16-21)18(4)29-26-28-15-20-7-10-24(35)33(25(20)30-26)19(5)17(2)3/h6-10,15-19H,1,11-14H2,2-5H3,(H,28,29,30)/t18-,19-/m0/s1. The van der Waals surface area contributed by atoms with E-state index in [2.05, 4.69) is 51.7 Å². The predicted molar refractivity (Wildman–Crippen MR) is 139 cm³/mol. The molecular formula is C26H33N7O2. The van der Waals surface area contributed by atoms with Crippen LogP contribution in [0.15, 0.2) is 54.1 Å². The van der Waals surface area contributed by atoms with Gasteiger partial charge in [0, 0.05) is 49.9 Å². The fourth-order valence-electron chi connectivity index (χ4n) is 4.22. The first kappa shape index (κ1) is 24.4. The fourth-order valence-corrected chi connectivity index (χ4v) is 4.22. The van der Waals surface area contributed by atoms with Crippen molar-refractivity contribution in [2.24, 2.45) is 5.92 Å². The molecule has 0 saturated carbocycles. The maximum atomic E-state index is 12.6. The first-order chi connectivity index (χ1) is 16.8. The Balaban J connectivity index is 1.48. The van der Waals surface area contributed by atoms with Crippen molar-refractivity contribution in [2.75, 3.05) is 36.4 Å². The van der Waals surface area contributed by atoms with Gasteiger partial charge in [-0.25, -0.2) is 4.98 Å². The van der Waals surface area contributed by atoms with Crippen molar-refractivity contribution in [3.05, 3.63) is 65.4 Å². The van der Waals surface area contributed by atoms with Crippen molar-refractivity contribution in [1.82, 2.24) is 24.4 Å². The van der Waals surface area contributed by atoms with Crippen LogP contribution in [0, 0.1) is 5.92 Å². The normalized spacial score (nSPS) is 15.8. The number of aromatic nitrogens is 4. The van der Waals surface area contributed by atoms with Gasteiger partial charge in [-0.2, -0.15) is 4.98 Å². The summed E-state index contributed by atoms with van der Waals surface area (Å²) in [6.45, 7) is 14.6. The molecule has 1 amide bonds. The van der Waals surface area contributed by atoms with Crippen LogP contribution in [0.25, 0.3) is 11.0 Å². The van der Waals surface area contributed by atoms with Crippen LogP contribution in [0.2, 0.25) is 0 Å². The largest absolute Gasteiger partial charge is 0.367 e. The van der Waals surface area contributed by atoms with E-state index in [0.29, 0.717) is 24.7 Å². The van der Waals surface area contributed by atoms with E-state index < -0.39 is 0 Å². The number of hydrogen-bond acceptors (Lipinski definition) is 7. The van der Waals surface area contributed by atoms with Gasteiger partial charge in [-0.1, -0.05) is 20.4 Å². The number of fused-ring (bicyclic) bond motifs is 1. The van der Waals surface area contributed by atoms with E-state index in [1.807, 2.05) is 31.0 Å². The van der Waals surface area contributed by atoms with Crippen LogP contribution in [-0.2, 0) is 4.79 Å². The van der Waals surface area contributed by atoms with Crippen LogP contribution in [0.4, 0.5) is 11.6 Å².